The van der Waals surface area contributed by atoms with Crippen LogP contribution in [-0.4, -0.2) is 55.5 Å². The Labute approximate surface area is 243 Å². The minimum atomic E-state index is -0.505. The van der Waals surface area contributed by atoms with Crippen LogP contribution in [0.1, 0.15) is 44.9 Å². The fourth-order valence-corrected chi connectivity index (χ4v) is 5.73. The van der Waals surface area contributed by atoms with Gasteiger partial charge >= 0.3 is 5.69 Å². The van der Waals surface area contributed by atoms with Gasteiger partial charge in [0.2, 0.25) is 5.91 Å². The van der Waals surface area contributed by atoms with E-state index in [0.29, 0.717) is 51.9 Å². The summed E-state index contributed by atoms with van der Waals surface area (Å²) in [6.07, 6.45) is 3.04. The molecular formula is C31H32ClFN6O2. The number of halogens is 2. The van der Waals surface area contributed by atoms with Crippen LogP contribution in [0.25, 0.3) is 28.0 Å². The SMILES string of the molecule is C=CC(=O)N1CC(C)N(c2nc(=O)n(-c3c(C)ccnc3C(C)C)c3nc(-c4ccc(F)cc4)c(Cl)cc23)CC1C. The standard InChI is InChI=1S/C31H32ClFN6O2/c1-7-25(40)37-15-20(6)38(16-19(37)5)29-23-14-24(32)27(21-8-10-22(33)11-9-21)35-30(23)39(31(41)36-29)28-18(4)12-13-34-26(28)17(2)3/h7-14,17,19-20H,1,15-16H2,2-6H3. The van der Waals surface area contributed by atoms with Crippen molar-refractivity contribution < 1.29 is 9.18 Å². The molecule has 0 bridgehead atoms. The first kappa shape index (κ1) is 28.4. The number of hydrogen-bond donors (Lipinski definition) is 0. The van der Waals surface area contributed by atoms with Crippen LogP contribution in [0, 0.1) is 12.7 Å². The number of benzene rings is 1. The molecule has 4 heterocycles. The van der Waals surface area contributed by atoms with E-state index in [4.69, 9.17) is 16.6 Å². The highest BCUT2D eigenvalue weighted by Crippen LogP contribution is 2.36. The lowest BCUT2D eigenvalue weighted by Gasteiger charge is -2.44. The molecule has 1 aromatic carbocycles. The molecule has 3 aromatic heterocycles. The van der Waals surface area contributed by atoms with E-state index in [1.807, 2.05) is 45.6 Å². The largest absolute Gasteiger partial charge is 0.355 e. The number of aromatic nitrogens is 4. The summed E-state index contributed by atoms with van der Waals surface area (Å²) in [4.78, 5) is 44.4. The van der Waals surface area contributed by atoms with Crippen molar-refractivity contribution in [3.63, 3.8) is 0 Å². The number of aryl methyl sites for hydroxylation is 1. The lowest BCUT2D eigenvalue weighted by molar-refractivity contribution is -0.128. The van der Waals surface area contributed by atoms with Crippen LogP contribution in [0.5, 0.6) is 0 Å². The molecule has 41 heavy (non-hydrogen) atoms. The highest BCUT2D eigenvalue weighted by atomic mass is 35.5. The van der Waals surface area contributed by atoms with Gasteiger partial charge in [-0.2, -0.15) is 4.98 Å². The molecule has 4 aromatic rings. The molecule has 1 aliphatic heterocycles. The third-order valence-electron chi connectivity index (χ3n) is 7.56. The van der Waals surface area contributed by atoms with Crippen molar-refractivity contribution in [3.05, 3.63) is 87.8 Å². The molecule has 0 radical (unpaired) electrons. The molecule has 1 fully saturated rings. The minimum Gasteiger partial charge on any atom is -0.349 e. The molecular weight excluding hydrogens is 543 g/mol. The Morgan fingerprint density at radius 3 is 2.49 bits per heavy atom. The number of pyridine rings is 2. The van der Waals surface area contributed by atoms with Gasteiger partial charge in [0.15, 0.2) is 5.65 Å². The van der Waals surface area contributed by atoms with Crippen molar-refractivity contribution >= 4 is 34.4 Å². The van der Waals surface area contributed by atoms with Crippen molar-refractivity contribution in [3.8, 4) is 16.9 Å². The zero-order valence-corrected chi connectivity index (χ0v) is 24.5. The van der Waals surface area contributed by atoms with Crippen LogP contribution in [-0.2, 0) is 4.79 Å². The minimum absolute atomic E-state index is 0.0201. The Morgan fingerprint density at radius 1 is 1.12 bits per heavy atom. The number of amides is 1. The third kappa shape index (κ3) is 5.10. The second-order valence-corrected chi connectivity index (χ2v) is 11.2. The smallest absolute Gasteiger partial charge is 0.349 e. The summed E-state index contributed by atoms with van der Waals surface area (Å²) < 4.78 is 15.2. The lowest BCUT2D eigenvalue weighted by atomic mass is 10.0. The van der Waals surface area contributed by atoms with Crippen LogP contribution in [0.15, 0.2) is 60.0 Å². The van der Waals surface area contributed by atoms with Gasteiger partial charge in [-0.25, -0.2) is 18.7 Å². The summed E-state index contributed by atoms with van der Waals surface area (Å²) in [5.41, 5.74) is 3.10. The molecule has 10 heteroatoms. The van der Waals surface area contributed by atoms with E-state index >= 15 is 0 Å². The first-order valence-corrected chi connectivity index (χ1v) is 13.9. The predicted octanol–water partition coefficient (Wildman–Crippen LogP) is 5.68. The molecule has 2 atom stereocenters. The summed E-state index contributed by atoms with van der Waals surface area (Å²) in [5, 5.41) is 0.923. The van der Waals surface area contributed by atoms with E-state index < -0.39 is 5.69 Å². The normalized spacial score (nSPS) is 17.4. The molecule has 1 amide bonds. The maximum Gasteiger partial charge on any atom is 0.355 e. The summed E-state index contributed by atoms with van der Waals surface area (Å²) in [5.74, 6) is -0.0521. The van der Waals surface area contributed by atoms with Crippen molar-refractivity contribution in [2.24, 2.45) is 0 Å². The topological polar surface area (TPSA) is 84.2 Å². The molecule has 1 aliphatic rings. The second kappa shape index (κ2) is 11.0. The molecule has 2 unspecified atom stereocenters. The zero-order valence-electron chi connectivity index (χ0n) is 23.7. The summed E-state index contributed by atoms with van der Waals surface area (Å²) in [6, 6.07) is 9.22. The maximum atomic E-state index is 14.0. The molecule has 8 nitrogen and oxygen atoms in total. The number of hydrogen-bond acceptors (Lipinski definition) is 6. The van der Waals surface area contributed by atoms with Gasteiger partial charge in [-0.15, -0.1) is 0 Å². The van der Waals surface area contributed by atoms with E-state index in [0.717, 1.165) is 11.3 Å². The van der Waals surface area contributed by atoms with E-state index in [2.05, 4.69) is 16.5 Å². The quantitative estimate of drug-likeness (QED) is 0.285. The van der Waals surface area contributed by atoms with Gasteiger partial charge in [-0.05, 0) is 74.7 Å². The van der Waals surface area contributed by atoms with Gasteiger partial charge in [-0.1, -0.05) is 32.0 Å². The number of nitrogens with zero attached hydrogens (tertiary/aromatic N) is 6. The van der Waals surface area contributed by atoms with Gasteiger partial charge in [0.1, 0.15) is 11.6 Å². The van der Waals surface area contributed by atoms with Gasteiger partial charge < -0.3 is 9.80 Å². The van der Waals surface area contributed by atoms with E-state index in [1.54, 1.807) is 29.3 Å². The monoisotopic (exact) mass is 574 g/mol. The highest BCUT2D eigenvalue weighted by molar-refractivity contribution is 6.33. The van der Waals surface area contributed by atoms with Crippen LogP contribution >= 0.6 is 11.6 Å². The lowest BCUT2D eigenvalue weighted by Crippen LogP contribution is -2.58. The third-order valence-corrected chi connectivity index (χ3v) is 7.85. The summed E-state index contributed by atoms with van der Waals surface area (Å²) >= 11 is 6.82. The molecule has 0 aliphatic carbocycles. The van der Waals surface area contributed by atoms with Gasteiger partial charge in [0.25, 0.3) is 0 Å². The number of rotatable bonds is 5. The maximum absolute atomic E-state index is 14.0. The van der Waals surface area contributed by atoms with Crippen LogP contribution in [0.2, 0.25) is 5.02 Å². The van der Waals surface area contributed by atoms with Crippen molar-refractivity contribution in [1.82, 2.24) is 24.4 Å². The Balaban J connectivity index is 1.81. The number of fused-ring (bicyclic) bond motifs is 1. The average molecular weight is 575 g/mol. The van der Waals surface area contributed by atoms with Gasteiger partial charge in [0.05, 0.1) is 27.5 Å². The Kier molecular flexibility index (Phi) is 7.66. The first-order chi connectivity index (χ1) is 19.5. The Morgan fingerprint density at radius 2 is 1.83 bits per heavy atom. The predicted molar refractivity (Wildman–Crippen MR) is 160 cm³/mol. The highest BCUT2D eigenvalue weighted by Gasteiger charge is 2.34. The van der Waals surface area contributed by atoms with E-state index in [9.17, 15) is 14.0 Å². The van der Waals surface area contributed by atoms with Crippen molar-refractivity contribution in [1.29, 1.82) is 0 Å². The average Bonchev–Trinajstić information content (AvgIpc) is 2.94. The molecule has 0 spiro atoms. The zero-order chi connectivity index (χ0) is 29.6. The number of anilines is 1. The number of carbonyl (C=O) groups is 1. The number of carbonyl (C=O) groups excluding carboxylic acids is 1. The molecule has 0 saturated carbocycles. The van der Waals surface area contributed by atoms with Crippen molar-refractivity contribution in [2.75, 3.05) is 18.0 Å². The molecule has 0 N–H and O–H groups in total. The molecule has 5 rings (SSSR count). The first-order valence-electron chi connectivity index (χ1n) is 13.6. The van der Waals surface area contributed by atoms with Crippen LogP contribution < -0.4 is 10.6 Å². The Bertz CT molecular complexity index is 1720. The van der Waals surface area contributed by atoms with Gasteiger partial charge in [-0.3, -0.25) is 9.78 Å². The summed E-state index contributed by atoms with van der Waals surface area (Å²) in [7, 11) is 0. The Hall–Kier alpha value is -4.11. The fraction of sp³-hybridized carbons (Fsp3) is 0.323. The van der Waals surface area contributed by atoms with Crippen molar-refractivity contribution in [2.45, 2.75) is 52.6 Å². The van der Waals surface area contributed by atoms with E-state index in [-0.39, 0.29) is 29.7 Å². The van der Waals surface area contributed by atoms with Crippen LogP contribution in [0.3, 0.4) is 0 Å². The second-order valence-electron chi connectivity index (χ2n) is 10.8. The fourth-order valence-electron chi connectivity index (χ4n) is 5.47. The molecule has 1 saturated heterocycles. The van der Waals surface area contributed by atoms with Crippen LogP contribution in [0.4, 0.5) is 10.2 Å². The van der Waals surface area contributed by atoms with E-state index in [1.165, 1.54) is 22.8 Å². The van der Waals surface area contributed by atoms with Gasteiger partial charge in [0, 0.05) is 36.9 Å². The number of piperazine rings is 1. The summed E-state index contributed by atoms with van der Waals surface area (Å²) in [6.45, 7) is 14.4. The molecule has 212 valence electrons.